The topological polar surface area (TPSA) is 290 Å². The highest BCUT2D eigenvalue weighted by molar-refractivity contribution is 5.94. The van der Waals surface area contributed by atoms with Crippen LogP contribution in [0.2, 0.25) is 0 Å². The quantitative estimate of drug-likeness (QED) is 0.164. The summed E-state index contributed by atoms with van der Waals surface area (Å²) in [6, 6.07) is 0. The van der Waals surface area contributed by atoms with E-state index in [0.29, 0.717) is 11.4 Å². The molecule has 0 unspecified atom stereocenters. The van der Waals surface area contributed by atoms with Gasteiger partial charge >= 0.3 is 11.9 Å². The van der Waals surface area contributed by atoms with Gasteiger partial charge in [0.05, 0.1) is 38.0 Å². The average molecular weight is 619 g/mol. The molecule has 6 N–H and O–H groups in total. The second-order valence-corrected chi connectivity index (χ2v) is 9.15. The average Bonchev–Trinajstić information content (AvgIpc) is 3.73. The maximum atomic E-state index is 12.1. The van der Waals surface area contributed by atoms with Gasteiger partial charge in [0.1, 0.15) is 11.1 Å². The van der Waals surface area contributed by atoms with Gasteiger partial charge in [0.2, 0.25) is 5.95 Å². The van der Waals surface area contributed by atoms with Crippen molar-refractivity contribution in [2.75, 3.05) is 31.4 Å². The molecule has 22 nitrogen and oxygen atoms in total. The third-order valence-electron chi connectivity index (χ3n) is 6.25. The van der Waals surface area contributed by atoms with Gasteiger partial charge in [0.15, 0.2) is 34.6 Å². The first-order valence-corrected chi connectivity index (χ1v) is 12.7. The Labute approximate surface area is 252 Å². The summed E-state index contributed by atoms with van der Waals surface area (Å²) < 4.78 is 14.6. The van der Waals surface area contributed by atoms with Crippen molar-refractivity contribution in [3.8, 4) is 11.9 Å². The minimum Gasteiger partial charge on any atom is -0.465 e. The lowest BCUT2D eigenvalue weighted by Crippen LogP contribution is -2.15. The number of nitrogens with two attached hydrogens (primary N) is 3. The lowest BCUT2D eigenvalue weighted by atomic mass is 10.3. The van der Waals surface area contributed by atoms with E-state index in [0.717, 1.165) is 0 Å². The number of rotatable bonds is 8. The number of nitrogens with zero attached hydrogens (tertiary/aromatic N) is 15. The molecule has 0 amide bonds. The van der Waals surface area contributed by atoms with Crippen molar-refractivity contribution in [2.24, 2.45) is 34.6 Å². The number of hydrogen-bond acceptors (Lipinski definition) is 18. The van der Waals surface area contributed by atoms with Gasteiger partial charge in [-0.15, -0.1) is 20.5 Å². The molecule has 0 aromatic carbocycles. The Kier molecular flexibility index (Phi) is 7.69. The number of ether oxygens (including phenoxy) is 2. The second kappa shape index (κ2) is 11.6. The van der Waals surface area contributed by atoms with Crippen molar-refractivity contribution in [1.82, 2.24) is 54.1 Å². The number of carbonyl (C=O) groups excluding carboxylic acids is 2. The molecule has 0 saturated heterocycles. The molecule has 0 radical (unpaired) electrons. The Morgan fingerprint density at radius 3 is 1.47 bits per heavy atom. The Morgan fingerprint density at radius 2 is 1.09 bits per heavy atom. The van der Waals surface area contributed by atoms with Crippen LogP contribution in [0, 0.1) is 13.8 Å². The fraction of sp³-hybridized carbons (Fsp3) is 0.261. The van der Waals surface area contributed by atoms with Crippen molar-refractivity contribution in [3.05, 3.63) is 34.9 Å². The molecule has 0 atom stereocenters. The van der Waals surface area contributed by atoms with Crippen LogP contribution in [0.15, 0.2) is 32.9 Å². The summed E-state index contributed by atoms with van der Waals surface area (Å²) in [4.78, 5) is 36.8. The summed E-state index contributed by atoms with van der Waals surface area (Å²) >= 11 is 0. The van der Waals surface area contributed by atoms with Crippen LogP contribution in [-0.4, -0.2) is 80.2 Å². The van der Waals surface area contributed by atoms with Crippen molar-refractivity contribution in [3.63, 3.8) is 0 Å². The lowest BCUT2D eigenvalue weighted by Gasteiger charge is -2.07. The zero-order valence-electron chi connectivity index (χ0n) is 24.7. The molecule has 5 rings (SSSR count). The molecule has 232 valence electrons. The maximum absolute atomic E-state index is 12.1. The predicted molar refractivity (Wildman–Crippen MR) is 154 cm³/mol. The highest BCUT2D eigenvalue weighted by atomic mass is 16.5. The van der Waals surface area contributed by atoms with E-state index in [4.69, 9.17) is 26.7 Å². The molecular weight excluding hydrogens is 592 g/mol. The van der Waals surface area contributed by atoms with Crippen LogP contribution in [0.5, 0.6) is 0 Å². The number of nitrogen functional groups attached to an aromatic ring is 3. The molecule has 0 aliphatic heterocycles. The van der Waals surface area contributed by atoms with Crippen molar-refractivity contribution >= 4 is 52.5 Å². The normalized spacial score (nSPS) is 11.6. The minimum atomic E-state index is -0.633. The molecule has 0 saturated carbocycles. The summed E-state index contributed by atoms with van der Waals surface area (Å²) in [6.07, 6.45) is 2.62. The first-order valence-electron chi connectivity index (χ1n) is 12.7. The van der Waals surface area contributed by atoms with Crippen LogP contribution in [-0.2, 0) is 23.6 Å². The molecule has 0 bridgehead atoms. The number of aryl methyl sites for hydroxylation is 4. The van der Waals surface area contributed by atoms with Gasteiger partial charge in [0, 0.05) is 14.1 Å². The standard InChI is InChI=1S/C23H26N18O4/c1-9-13(32-34-17-11(19(42)44-5)7-27-38(17)3)15(24)40(36-9)22-29-21(26)30-23(31-22)41-16(25)14(10(2)37-41)33-35-18-12(20(43)45-6)8-28-39(18)4/h7-8H,24-25H2,1-6H3,(H2,26,29,30,31). The Hall–Kier alpha value is -6.61. The molecule has 5 aromatic rings. The minimum absolute atomic E-state index is 0.00582. The fourth-order valence-corrected chi connectivity index (χ4v) is 3.99. The Balaban J connectivity index is 1.50. The van der Waals surface area contributed by atoms with Crippen molar-refractivity contribution < 1.29 is 19.1 Å². The van der Waals surface area contributed by atoms with Crippen molar-refractivity contribution in [1.29, 1.82) is 0 Å². The summed E-state index contributed by atoms with van der Waals surface area (Å²) in [5, 5.41) is 33.4. The summed E-state index contributed by atoms with van der Waals surface area (Å²) in [5.74, 6) is -1.33. The van der Waals surface area contributed by atoms with Gasteiger partial charge in [-0.3, -0.25) is 0 Å². The predicted octanol–water partition coefficient (Wildman–Crippen LogP) is 1.48. The number of anilines is 3. The third kappa shape index (κ3) is 5.37. The van der Waals surface area contributed by atoms with E-state index in [2.05, 4.69) is 55.8 Å². The van der Waals surface area contributed by atoms with E-state index in [1.54, 1.807) is 27.9 Å². The SMILES string of the molecule is COC(=O)c1cnn(C)c1N=Nc1c(C)nn(-c2nc(N)nc(-n3nc(C)c(N=Nc4c(C(=O)OC)cnn4C)c3N)n2)c1N. The molecule has 0 fully saturated rings. The van der Waals surface area contributed by atoms with Gasteiger partial charge in [0.25, 0.3) is 11.9 Å². The first-order chi connectivity index (χ1) is 21.4. The van der Waals surface area contributed by atoms with Crippen LogP contribution in [0.3, 0.4) is 0 Å². The van der Waals surface area contributed by atoms with E-state index in [1.165, 1.54) is 45.3 Å². The molecule has 0 spiro atoms. The number of aromatic nitrogens is 11. The van der Waals surface area contributed by atoms with Crippen molar-refractivity contribution in [2.45, 2.75) is 13.8 Å². The monoisotopic (exact) mass is 618 g/mol. The molecule has 0 aliphatic rings. The molecule has 5 heterocycles. The zero-order chi connectivity index (χ0) is 32.6. The highest BCUT2D eigenvalue weighted by Gasteiger charge is 2.23. The molecule has 5 aromatic heterocycles. The smallest absolute Gasteiger partial charge is 0.343 e. The largest absolute Gasteiger partial charge is 0.465 e. The van der Waals surface area contributed by atoms with Crippen LogP contribution in [0.1, 0.15) is 32.1 Å². The highest BCUT2D eigenvalue weighted by Crippen LogP contribution is 2.33. The summed E-state index contributed by atoms with van der Waals surface area (Å²) in [6.45, 7) is 3.27. The zero-order valence-corrected chi connectivity index (χ0v) is 24.7. The number of azo groups is 2. The van der Waals surface area contributed by atoms with Gasteiger partial charge in [-0.1, -0.05) is 0 Å². The van der Waals surface area contributed by atoms with Gasteiger partial charge in [-0.25, -0.2) is 19.0 Å². The maximum Gasteiger partial charge on any atom is 0.343 e. The third-order valence-corrected chi connectivity index (χ3v) is 6.25. The van der Waals surface area contributed by atoms with E-state index in [9.17, 15) is 9.59 Å². The summed E-state index contributed by atoms with van der Waals surface area (Å²) in [7, 11) is 5.66. The first kappa shape index (κ1) is 29.9. The number of methoxy groups -OCH3 is 2. The second-order valence-electron chi connectivity index (χ2n) is 9.15. The molecule has 22 heteroatoms. The van der Waals surface area contributed by atoms with E-state index in [-0.39, 0.29) is 63.6 Å². The Bertz CT molecular complexity index is 1870. The van der Waals surface area contributed by atoms with Gasteiger partial charge in [-0.05, 0) is 13.8 Å². The summed E-state index contributed by atoms with van der Waals surface area (Å²) in [5.41, 5.74) is 20.0. The van der Waals surface area contributed by atoms with E-state index < -0.39 is 11.9 Å². The fourth-order valence-electron chi connectivity index (χ4n) is 3.99. The van der Waals surface area contributed by atoms with E-state index in [1.807, 2.05) is 0 Å². The molecule has 0 aliphatic carbocycles. The van der Waals surface area contributed by atoms with E-state index >= 15 is 0 Å². The van der Waals surface area contributed by atoms with Gasteiger partial charge < -0.3 is 26.7 Å². The van der Waals surface area contributed by atoms with Crippen LogP contribution >= 0.6 is 0 Å². The van der Waals surface area contributed by atoms with Crippen LogP contribution < -0.4 is 17.2 Å². The number of esters is 2. The van der Waals surface area contributed by atoms with Crippen LogP contribution in [0.25, 0.3) is 11.9 Å². The molecule has 45 heavy (non-hydrogen) atoms. The van der Waals surface area contributed by atoms with Gasteiger partial charge in [-0.2, -0.15) is 44.7 Å². The number of carbonyl (C=O) groups is 2. The molecular formula is C23H26N18O4. The number of hydrogen-bond donors (Lipinski definition) is 3. The Morgan fingerprint density at radius 1 is 0.689 bits per heavy atom. The lowest BCUT2D eigenvalue weighted by molar-refractivity contribution is 0.0592. The van der Waals surface area contributed by atoms with Crippen LogP contribution in [0.4, 0.5) is 40.6 Å².